The lowest BCUT2D eigenvalue weighted by atomic mass is 10.2. The summed E-state index contributed by atoms with van der Waals surface area (Å²) in [7, 11) is 2.19. The van der Waals surface area contributed by atoms with Crippen molar-refractivity contribution in [2.45, 2.75) is 12.8 Å². The average molecular weight is 289 g/mol. The number of likely N-dealkylation sites (N-methyl/N-ethyl adjacent to an activating group) is 1. The van der Waals surface area contributed by atoms with Crippen LogP contribution in [0.25, 0.3) is 0 Å². The van der Waals surface area contributed by atoms with Crippen LogP contribution in [0.2, 0.25) is 0 Å². The van der Waals surface area contributed by atoms with Crippen LogP contribution in [0, 0.1) is 0 Å². The molecular weight excluding hydrogens is 262 g/mol. The summed E-state index contributed by atoms with van der Waals surface area (Å²) in [4.78, 5) is 7.32. The predicted octanol–water partition coefficient (Wildman–Crippen LogP) is 1.91. The molecule has 0 radical (unpaired) electrons. The lowest BCUT2D eigenvalue weighted by Gasteiger charge is -2.34. The Kier molecular flexibility index (Phi) is 4.99. The van der Waals surface area contributed by atoms with E-state index in [0.29, 0.717) is 0 Å². The van der Waals surface area contributed by atoms with E-state index in [1.165, 1.54) is 31.6 Å². The van der Waals surface area contributed by atoms with Crippen molar-refractivity contribution < 1.29 is 4.74 Å². The van der Waals surface area contributed by atoms with Gasteiger partial charge in [0.05, 0.1) is 0 Å². The molecule has 0 unspecified atom stereocenters. The van der Waals surface area contributed by atoms with Gasteiger partial charge in [-0.25, -0.2) is 0 Å². The third kappa shape index (κ3) is 4.11. The molecule has 4 heteroatoms. The van der Waals surface area contributed by atoms with Gasteiger partial charge < -0.3 is 14.5 Å². The minimum Gasteiger partial charge on any atom is -0.492 e. The van der Waals surface area contributed by atoms with Crippen molar-refractivity contribution in [1.82, 2.24) is 9.80 Å². The van der Waals surface area contributed by atoms with Crippen molar-refractivity contribution in [2.24, 2.45) is 0 Å². The highest BCUT2D eigenvalue weighted by atomic mass is 16.5. The summed E-state index contributed by atoms with van der Waals surface area (Å²) >= 11 is 0. The summed E-state index contributed by atoms with van der Waals surface area (Å²) in [5.41, 5.74) is 1.31. The Balaban J connectivity index is 1.45. The maximum Gasteiger partial charge on any atom is 0.119 e. The van der Waals surface area contributed by atoms with Crippen molar-refractivity contribution in [1.29, 1.82) is 0 Å². The molecular formula is C17H27N3O. The molecule has 21 heavy (non-hydrogen) atoms. The minimum absolute atomic E-state index is 0.799. The second kappa shape index (κ2) is 7.14. The fourth-order valence-electron chi connectivity index (χ4n) is 3.12. The van der Waals surface area contributed by atoms with Gasteiger partial charge >= 0.3 is 0 Å². The van der Waals surface area contributed by atoms with Crippen molar-refractivity contribution in [3.05, 3.63) is 24.3 Å². The van der Waals surface area contributed by atoms with E-state index >= 15 is 0 Å². The largest absolute Gasteiger partial charge is 0.492 e. The first-order chi connectivity index (χ1) is 10.3. The molecule has 1 aromatic rings. The van der Waals surface area contributed by atoms with Gasteiger partial charge in [0.1, 0.15) is 12.4 Å². The Labute approximate surface area is 128 Å². The molecule has 3 rings (SSSR count). The summed E-state index contributed by atoms with van der Waals surface area (Å²) in [6.45, 7) is 8.87. The first-order valence-corrected chi connectivity index (χ1v) is 8.20. The first kappa shape index (κ1) is 14.7. The monoisotopic (exact) mass is 289 g/mol. The number of anilines is 1. The lowest BCUT2D eigenvalue weighted by molar-refractivity contribution is 0.238. The van der Waals surface area contributed by atoms with Gasteiger partial charge in [0.15, 0.2) is 0 Å². The summed E-state index contributed by atoms with van der Waals surface area (Å²) in [5.74, 6) is 0.993. The molecule has 2 aliphatic heterocycles. The maximum absolute atomic E-state index is 5.86. The highest BCUT2D eigenvalue weighted by molar-refractivity contribution is 5.49. The quantitative estimate of drug-likeness (QED) is 0.824. The fraction of sp³-hybridized carbons (Fsp3) is 0.647. The van der Waals surface area contributed by atoms with E-state index < -0.39 is 0 Å². The maximum atomic E-state index is 5.86. The summed E-state index contributed by atoms with van der Waals surface area (Å²) in [6.07, 6.45) is 2.69. The Morgan fingerprint density at radius 3 is 2.24 bits per heavy atom. The van der Waals surface area contributed by atoms with Gasteiger partial charge in [-0.3, -0.25) is 4.90 Å². The van der Waals surface area contributed by atoms with Crippen LogP contribution in [0.4, 0.5) is 5.69 Å². The van der Waals surface area contributed by atoms with Crippen LogP contribution in [0.5, 0.6) is 5.75 Å². The van der Waals surface area contributed by atoms with Gasteiger partial charge in [-0.15, -0.1) is 0 Å². The van der Waals surface area contributed by atoms with Crippen LogP contribution in [0.15, 0.2) is 24.3 Å². The smallest absolute Gasteiger partial charge is 0.119 e. The number of likely N-dealkylation sites (tertiary alicyclic amines) is 1. The van der Waals surface area contributed by atoms with E-state index in [2.05, 4.69) is 46.0 Å². The van der Waals surface area contributed by atoms with Gasteiger partial charge in [-0.2, -0.15) is 0 Å². The van der Waals surface area contributed by atoms with E-state index in [1.807, 2.05) is 0 Å². The molecule has 1 aromatic carbocycles. The molecule has 0 aliphatic carbocycles. The van der Waals surface area contributed by atoms with E-state index in [1.54, 1.807) is 0 Å². The first-order valence-electron chi connectivity index (χ1n) is 8.20. The van der Waals surface area contributed by atoms with Crippen LogP contribution in [0.1, 0.15) is 12.8 Å². The van der Waals surface area contributed by atoms with Crippen LogP contribution in [-0.2, 0) is 0 Å². The molecule has 0 aromatic heterocycles. The molecule has 0 amide bonds. The normalized spacial score (nSPS) is 20.9. The molecule has 2 heterocycles. The lowest BCUT2D eigenvalue weighted by Crippen LogP contribution is -2.44. The number of benzene rings is 1. The summed E-state index contributed by atoms with van der Waals surface area (Å²) < 4.78 is 5.86. The Bertz CT molecular complexity index is 420. The third-order valence-corrected chi connectivity index (χ3v) is 4.58. The van der Waals surface area contributed by atoms with Crippen molar-refractivity contribution in [2.75, 3.05) is 64.4 Å². The van der Waals surface area contributed by atoms with Gasteiger partial charge in [-0.1, -0.05) is 0 Å². The van der Waals surface area contributed by atoms with Crippen molar-refractivity contribution >= 4 is 5.69 Å². The Morgan fingerprint density at radius 2 is 1.57 bits per heavy atom. The van der Waals surface area contributed by atoms with Crippen LogP contribution in [-0.4, -0.2) is 69.3 Å². The number of piperazine rings is 1. The zero-order valence-corrected chi connectivity index (χ0v) is 13.1. The molecule has 0 spiro atoms. The topological polar surface area (TPSA) is 19.0 Å². The SMILES string of the molecule is CN1CCN(c2ccc(OCCN3CCCC3)cc2)CC1. The number of hydrogen-bond donors (Lipinski definition) is 0. The van der Waals surface area contributed by atoms with Gasteiger partial charge in [0.2, 0.25) is 0 Å². The third-order valence-electron chi connectivity index (χ3n) is 4.58. The molecule has 116 valence electrons. The van der Waals surface area contributed by atoms with Crippen LogP contribution >= 0.6 is 0 Å². The Hall–Kier alpha value is -1.26. The highest BCUT2D eigenvalue weighted by Gasteiger charge is 2.14. The second-order valence-corrected chi connectivity index (χ2v) is 6.18. The highest BCUT2D eigenvalue weighted by Crippen LogP contribution is 2.20. The van der Waals surface area contributed by atoms with Crippen molar-refractivity contribution in [3.8, 4) is 5.75 Å². The number of ether oxygens (including phenoxy) is 1. The second-order valence-electron chi connectivity index (χ2n) is 6.18. The summed E-state index contributed by atoms with van der Waals surface area (Å²) in [6, 6.07) is 8.60. The predicted molar refractivity (Wildman–Crippen MR) is 87.3 cm³/mol. The van der Waals surface area contributed by atoms with E-state index in [0.717, 1.165) is 45.1 Å². The molecule has 2 saturated heterocycles. The number of hydrogen-bond acceptors (Lipinski definition) is 4. The molecule has 2 fully saturated rings. The molecule has 0 saturated carbocycles. The zero-order valence-electron chi connectivity index (χ0n) is 13.1. The van der Waals surface area contributed by atoms with E-state index in [-0.39, 0.29) is 0 Å². The molecule has 0 bridgehead atoms. The fourth-order valence-corrected chi connectivity index (χ4v) is 3.12. The van der Waals surface area contributed by atoms with Gasteiger partial charge in [0, 0.05) is 38.4 Å². The standard InChI is InChI=1S/C17H27N3O/c1-18-10-12-20(13-11-18)16-4-6-17(7-5-16)21-15-14-19-8-2-3-9-19/h4-7H,2-3,8-15H2,1H3. The van der Waals surface area contributed by atoms with E-state index in [4.69, 9.17) is 4.74 Å². The van der Waals surface area contributed by atoms with E-state index in [9.17, 15) is 0 Å². The molecule has 0 N–H and O–H groups in total. The average Bonchev–Trinajstić information content (AvgIpc) is 3.02. The minimum atomic E-state index is 0.799. The molecule has 0 atom stereocenters. The zero-order chi connectivity index (χ0) is 14.5. The number of nitrogens with zero attached hydrogens (tertiary/aromatic N) is 3. The van der Waals surface area contributed by atoms with Crippen molar-refractivity contribution in [3.63, 3.8) is 0 Å². The summed E-state index contributed by atoms with van der Waals surface area (Å²) in [5, 5.41) is 0. The number of rotatable bonds is 5. The Morgan fingerprint density at radius 1 is 0.905 bits per heavy atom. The van der Waals surface area contributed by atoms with Crippen LogP contribution in [0.3, 0.4) is 0 Å². The van der Waals surface area contributed by atoms with Crippen LogP contribution < -0.4 is 9.64 Å². The van der Waals surface area contributed by atoms with Gasteiger partial charge in [0.25, 0.3) is 0 Å². The molecule has 4 nitrogen and oxygen atoms in total. The van der Waals surface area contributed by atoms with Gasteiger partial charge in [-0.05, 0) is 57.2 Å². The molecule has 2 aliphatic rings.